The zero-order chi connectivity index (χ0) is 38.1. The average molecular weight is 719 g/mol. The van der Waals surface area contributed by atoms with Gasteiger partial charge in [0.2, 0.25) is 11.6 Å². The van der Waals surface area contributed by atoms with Crippen molar-refractivity contribution in [1.82, 2.24) is 4.90 Å². The van der Waals surface area contributed by atoms with E-state index in [1.54, 1.807) is 60.7 Å². The van der Waals surface area contributed by atoms with Crippen molar-refractivity contribution < 1.29 is 33.5 Å². The van der Waals surface area contributed by atoms with Gasteiger partial charge in [-0.2, -0.15) is 0 Å². The SMILES string of the molecule is O=C(C#Cc1ccccc1)c1ccc2c(c1)C(=O)N(C1=CC=C(Oc3cccc(N4C(=O)c5ccc(C(=O)C#Cc6ccccc6)cc5C4=O)c3)CC1)C2=O. The molecule has 4 amide bonds. The summed E-state index contributed by atoms with van der Waals surface area (Å²) in [5.74, 6) is 8.62. The van der Waals surface area contributed by atoms with E-state index in [0.717, 1.165) is 9.80 Å². The van der Waals surface area contributed by atoms with Crippen LogP contribution >= 0.6 is 0 Å². The van der Waals surface area contributed by atoms with Crippen LogP contribution in [0.2, 0.25) is 0 Å². The lowest BCUT2D eigenvalue weighted by molar-refractivity contribution is 0.0696. The predicted molar refractivity (Wildman–Crippen MR) is 202 cm³/mol. The summed E-state index contributed by atoms with van der Waals surface area (Å²) in [5.41, 5.74) is 3.13. The van der Waals surface area contributed by atoms with E-state index >= 15 is 0 Å². The van der Waals surface area contributed by atoms with Gasteiger partial charge in [0.05, 0.1) is 27.9 Å². The van der Waals surface area contributed by atoms with Crippen molar-refractivity contribution in [3.8, 4) is 29.4 Å². The molecule has 1 aliphatic carbocycles. The van der Waals surface area contributed by atoms with Crippen LogP contribution < -0.4 is 9.64 Å². The fourth-order valence-corrected chi connectivity index (χ4v) is 6.42. The Hall–Kier alpha value is -7.88. The Morgan fingerprint density at radius 2 is 1.04 bits per heavy atom. The molecule has 2 heterocycles. The maximum atomic E-state index is 13.5. The van der Waals surface area contributed by atoms with Gasteiger partial charge in [0.25, 0.3) is 23.6 Å². The Kier molecular flexibility index (Phi) is 8.88. The molecule has 3 aliphatic rings. The number of amides is 4. The first-order valence-corrected chi connectivity index (χ1v) is 17.2. The van der Waals surface area contributed by atoms with E-state index in [4.69, 9.17) is 4.74 Å². The summed E-state index contributed by atoms with van der Waals surface area (Å²) in [6, 6.07) is 33.3. The molecule has 5 aromatic carbocycles. The Bertz CT molecular complexity index is 2700. The highest BCUT2D eigenvalue weighted by Crippen LogP contribution is 2.34. The highest BCUT2D eigenvalue weighted by Gasteiger charge is 2.39. The number of Topliss-reactive ketones (excluding diaryl/α,β-unsaturated/α-hetero) is 2. The first-order valence-electron chi connectivity index (χ1n) is 17.2. The minimum absolute atomic E-state index is 0.101. The Balaban J connectivity index is 0.951. The number of carbonyl (C=O) groups is 6. The molecule has 0 saturated carbocycles. The Morgan fingerprint density at radius 3 is 1.58 bits per heavy atom. The van der Waals surface area contributed by atoms with E-state index in [1.165, 1.54) is 36.4 Å². The van der Waals surface area contributed by atoms with Gasteiger partial charge < -0.3 is 4.74 Å². The van der Waals surface area contributed by atoms with Crippen LogP contribution in [0.1, 0.15) is 86.1 Å². The maximum absolute atomic E-state index is 13.5. The van der Waals surface area contributed by atoms with Gasteiger partial charge >= 0.3 is 0 Å². The molecule has 0 aromatic heterocycles. The van der Waals surface area contributed by atoms with Crippen molar-refractivity contribution in [1.29, 1.82) is 0 Å². The number of nitrogens with zero attached hydrogens (tertiary/aromatic N) is 2. The van der Waals surface area contributed by atoms with Crippen LogP contribution in [-0.2, 0) is 0 Å². The minimum Gasteiger partial charge on any atom is -0.462 e. The van der Waals surface area contributed by atoms with Gasteiger partial charge in [-0.3, -0.25) is 28.8 Å². The Morgan fingerprint density at radius 1 is 0.509 bits per heavy atom. The van der Waals surface area contributed by atoms with Gasteiger partial charge in [0.1, 0.15) is 11.5 Å². The lowest BCUT2D eigenvalue weighted by atomic mass is 10.0. The van der Waals surface area contributed by atoms with Crippen molar-refractivity contribution in [3.63, 3.8) is 0 Å². The summed E-state index contributed by atoms with van der Waals surface area (Å²) < 4.78 is 6.11. The van der Waals surface area contributed by atoms with Crippen molar-refractivity contribution in [2.45, 2.75) is 12.8 Å². The molecule has 8 rings (SSSR count). The first-order chi connectivity index (χ1) is 26.7. The van der Waals surface area contributed by atoms with E-state index in [1.807, 2.05) is 36.4 Å². The summed E-state index contributed by atoms with van der Waals surface area (Å²) in [6.45, 7) is 0. The molecule has 0 bridgehead atoms. The summed E-state index contributed by atoms with van der Waals surface area (Å²) in [6.07, 6.45) is 3.94. The van der Waals surface area contributed by atoms with Crippen molar-refractivity contribution in [2.24, 2.45) is 0 Å². The molecule has 0 unspecified atom stereocenters. The molecule has 2 aliphatic heterocycles. The van der Waals surface area contributed by atoms with E-state index in [0.29, 0.717) is 41.2 Å². The third-order valence-electron chi connectivity index (χ3n) is 9.19. The van der Waals surface area contributed by atoms with Crippen LogP contribution in [0.5, 0.6) is 5.75 Å². The average Bonchev–Trinajstić information content (AvgIpc) is 3.63. The molecule has 0 fully saturated rings. The van der Waals surface area contributed by atoms with Gasteiger partial charge in [-0.1, -0.05) is 54.3 Å². The molecule has 0 spiro atoms. The number of hydrogen-bond acceptors (Lipinski definition) is 7. The second kappa shape index (κ2) is 14.3. The van der Waals surface area contributed by atoms with Gasteiger partial charge in [0, 0.05) is 40.4 Å². The normalized spacial score (nSPS) is 14.2. The van der Waals surface area contributed by atoms with E-state index in [2.05, 4.69) is 23.7 Å². The van der Waals surface area contributed by atoms with Crippen LogP contribution in [0, 0.1) is 23.7 Å². The maximum Gasteiger partial charge on any atom is 0.266 e. The topological polar surface area (TPSA) is 118 Å². The van der Waals surface area contributed by atoms with E-state index < -0.39 is 35.2 Å². The lowest BCUT2D eigenvalue weighted by Gasteiger charge is -2.22. The quantitative estimate of drug-likeness (QED) is 0.104. The zero-order valence-corrected chi connectivity index (χ0v) is 28.9. The number of carbonyl (C=O) groups excluding carboxylic acids is 6. The third kappa shape index (κ3) is 6.66. The third-order valence-corrected chi connectivity index (χ3v) is 9.19. The van der Waals surface area contributed by atoms with Crippen LogP contribution in [-0.4, -0.2) is 40.1 Å². The van der Waals surface area contributed by atoms with Crippen LogP contribution in [0.4, 0.5) is 5.69 Å². The standard InChI is InChI=1S/C46H26N2O7/c49-41(24-14-29-8-3-1-4-9-29)31-16-22-37-39(26-31)45(53)47(43(37)51)33-18-20-35(21-19-33)55-36-13-7-12-34(28-36)48-44(52)38-23-17-32(27-40(38)46(48)54)42(50)25-15-30-10-5-2-6-11-30/h1-13,16-18,20,22-23,26-28H,19,21H2. The fraction of sp³-hybridized carbons (Fsp3) is 0.0435. The van der Waals surface area contributed by atoms with Crippen LogP contribution in [0.25, 0.3) is 0 Å². The number of fused-ring (bicyclic) bond motifs is 2. The highest BCUT2D eigenvalue weighted by molar-refractivity contribution is 6.35. The molecule has 5 aromatic rings. The van der Waals surface area contributed by atoms with Crippen molar-refractivity contribution >= 4 is 40.9 Å². The number of ketones is 2. The number of benzene rings is 5. The molecule has 262 valence electrons. The molecule has 9 nitrogen and oxygen atoms in total. The summed E-state index contributed by atoms with van der Waals surface area (Å²) in [5, 5.41) is 0. The second-order valence-electron chi connectivity index (χ2n) is 12.7. The fourth-order valence-electron chi connectivity index (χ4n) is 6.42. The van der Waals surface area contributed by atoms with Gasteiger partial charge in [-0.25, -0.2) is 9.80 Å². The summed E-state index contributed by atoms with van der Waals surface area (Å²) in [7, 11) is 0. The zero-order valence-electron chi connectivity index (χ0n) is 28.9. The summed E-state index contributed by atoms with van der Waals surface area (Å²) in [4.78, 5) is 81.4. The first kappa shape index (κ1) is 34.2. The second-order valence-corrected chi connectivity index (χ2v) is 12.7. The van der Waals surface area contributed by atoms with Gasteiger partial charge in [-0.15, -0.1) is 0 Å². The van der Waals surface area contributed by atoms with Crippen molar-refractivity contribution in [2.75, 3.05) is 4.90 Å². The molecule has 9 heteroatoms. The highest BCUT2D eigenvalue weighted by atomic mass is 16.5. The number of hydrogen-bond donors (Lipinski definition) is 0. The Labute approximate surface area is 315 Å². The molecular weight excluding hydrogens is 693 g/mol. The largest absolute Gasteiger partial charge is 0.462 e. The summed E-state index contributed by atoms with van der Waals surface area (Å²) >= 11 is 0. The number of allylic oxidation sites excluding steroid dienone is 4. The molecule has 0 atom stereocenters. The number of anilines is 1. The van der Waals surface area contributed by atoms with E-state index in [-0.39, 0.29) is 39.1 Å². The number of ether oxygens (including phenoxy) is 1. The molecule has 0 N–H and O–H groups in total. The molecular formula is C46H26N2O7. The van der Waals surface area contributed by atoms with Crippen molar-refractivity contribution in [3.05, 3.63) is 189 Å². The monoisotopic (exact) mass is 718 g/mol. The predicted octanol–water partition coefficient (Wildman–Crippen LogP) is 7.19. The van der Waals surface area contributed by atoms with Crippen LogP contribution in [0.3, 0.4) is 0 Å². The van der Waals surface area contributed by atoms with Gasteiger partial charge in [0.15, 0.2) is 0 Å². The molecule has 0 radical (unpaired) electrons. The molecule has 0 saturated heterocycles. The van der Waals surface area contributed by atoms with Crippen LogP contribution in [0.15, 0.2) is 145 Å². The van der Waals surface area contributed by atoms with Gasteiger partial charge in [-0.05, 0) is 103 Å². The molecule has 55 heavy (non-hydrogen) atoms. The van der Waals surface area contributed by atoms with E-state index in [9.17, 15) is 28.8 Å². The lowest BCUT2D eigenvalue weighted by Crippen LogP contribution is -2.30. The minimum atomic E-state index is -0.579. The number of rotatable bonds is 6. The smallest absolute Gasteiger partial charge is 0.266 e. The number of imide groups is 2.